The summed E-state index contributed by atoms with van der Waals surface area (Å²) in [7, 11) is -3.21. The second-order valence-corrected chi connectivity index (χ2v) is 7.90. The SMILES string of the molecule is CC(CS(=O)(=O)CC1CC2CCC1C2)C(=O)O. The summed E-state index contributed by atoms with van der Waals surface area (Å²) >= 11 is 0. The Labute approximate surface area is 102 Å². The van der Waals surface area contributed by atoms with Gasteiger partial charge in [-0.3, -0.25) is 4.79 Å². The molecule has 2 rings (SSSR count). The summed E-state index contributed by atoms with van der Waals surface area (Å²) in [4.78, 5) is 10.7. The Morgan fingerprint density at radius 2 is 2.06 bits per heavy atom. The quantitative estimate of drug-likeness (QED) is 0.814. The maximum atomic E-state index is 11.9. The highest BCUT2D eigenvalue weighted by molar-refractivity contribution is 7.91. The van der Waals surface area contributed by atoms with E-state index in [9.17, 15) is 13.2 Å². The van der Waals surface area contributed by atoms with Crippen LogP contribution in [0.4, 0.5) is 0 Å². The predicted molar refractivity (Wildman–Crippen MR) is 64.4 cm³/mol. The van der Waals surface area contributed by atoms with Crippen LogP contribution >= 0.6 is 0 Å². The summed E-state index contributed by atoms with van der Waals surface area (Å²) in [5, 5.41) is 8.75. The molecule has 1 N–H and O–H groups in total. The number of hydrogen-bond acceptors (Lipinski definition) is 3. The van der Waals surface area contributed by atoms with E-state index < -0.39 is 21.7 Å². The molecule has 17 heavy (non-hydrogen) atoms. The standard InChI is InChI=1S/C12H20O4S/c1-8(12(13)14)6-17(15,16)7-11-5-9-2-3-10(11)4-9/h8-11H,2-7H2,1H3,(H,13,14). The highest BCUT2D eigenvalue weighted by Crippen LogP contribution is 2.48. The van der Waals surface area contributed by atoms with E-state index in [-0.39, 0.29) is 11.5 Å². The molecule has 0 aromatic carbocycles. The molecule has 98 valence electrons. The molecular formula is C12H20O4S. The van der Waals surface area contributed by atoms with Gasteiger partial charge >= 0.3 is 5.97 Å². The minimum absolute atomic E-state index is 0.200. The van der Waals surface area contributed by atoms with Crippen molar-refractivity contribution in [3.8, 4) is 0 Å². The number of carbonyl (C=O) groups is 1. The Balaban J connectivity index is 1.91. The lowest BCUT2D eigenvalue weighted by molar-refractivity contribution is -0.140. The molecule has 2 aliphatic carbocycles. The Morgan fingerprint density at radius 1 is 1.35 bits per heavy atom. The van der Waals surface area contributed by atoms with Crippen molar-refractivity contribution in [1.29, 1.82) is 0 Å². The lowest BCUT2D eigenvalue weighted by Gasteiger charge is -2.21. The van der Waals surface area contributed by atoms with Crippen molar-refractivity contribution in [1.82, 2.24) is 0 Å². The molecule has 2 fully saturated rings. The smallest absolute Gasteiger partial charge is 0.307 e. The first kappa shape index (κ1) is 12.9. The minimum Gasteiger partial charge on any atom is -0.481 e. The summed E-state index contributed by atoms with van der Waals surface area (Å²) in [5.41, 5.74) is 0. The third-order valence-electron chi connectivity index (χ3n) is 4.28. The summed E-state index contributed by atoms with van der Waals surface area (Å²) in [6.45, 7) is 1.46. The number of carboxylic acids is 1. The first-order chi connectivity index (χ1) is 7.87. The van der Waals surface area contributed by atoms with E-state index in [0.717, 1.165) is 12.3 Å². The van der Waals surface area contributed by atoms with Gasteiger partial charge in [0.25, 0.3) is 0 Å². The Hall–Kier alpha value is -0.580. The van der Waals surface area contributed by atoms with E-state index in [2.05, 4.69) is 0 Å². The van der Waals surface area contributed by atoms with Gasteiger partial charge in [0.1, 0.15) is 0 Å². The summed E-state index contributed by atoms with van der Waals surface area (Å²) in [5.74, 6) is -0.228. The molecule has 0 aromatic heterocycles. The first-order valence-corrected chi connectivity index (χ1v) is 8.13. The molecule has 0 aliphatic heterocycles. The van der Waals surface area contributed by atoms with Crippen LogP contribution in [0.5, 0.6) is 0 Å². The van der Waals surface area contributed by atoms with Crippen LogP contribution in [0.1, 0.15) is 32.6 Å². The summed E-state index contributed by atoms with van der Waals surface area (Å²) in [6, 6.07) is 0. The number of aliphatic carboxylic acids is 1. The van der Waals surface area contributed by atoms with Crippen LogP contribution in [0.3, 0.4) is 0 Å². The molecule has 2 saturated carbocycles. The average molecular weight is 260 g/mol. The Morgan fingerprint density at radius 3 is 2.53 bits per heavy atom. The van der Waals surface area contributed by atoms with Gasteiger partial charge in [0.15, 0.2) is 9.84 Å². The second-order valence-electron chi connectivity index (χ2n) is 5.75. The van der Waals surface area contributed by atoms with E-state index >= 15 is 0 Å². The first-order valence-electron chi connectivity index (χ1n) is 6.30. The van der Waals surface area contributed by atoms with Crippen molar-refractivity contribution in [2.75, 3.05) is 11.5 Å². The highest BCUT2D eigenvalue weighted by Gasteiger charge is 2.41. The zero-order valence-electron chi connectivity index (χ0n) is 10.1. The van der Waals surface area contributed by atoms with E-state index in [1.54, 1.807) is 0 Å². The number of rotatable bonds is 5. The zero-order chi connectivity index (χ0) is 12.6. The van der Waals surface area contributed by atoms with Crippen LogP contribution in [-0.2, 0) is 14.6 Å². The fraction of sp³-hybridized carbons (Fsp3) is 0.917. The van der Waals surface area contributed by atoms with Crippen molar-refractivity contribution >= 4 is 15.8 Å². The number of hydrogen-bond donors (Lipinski definition) is 1. The van der Waals surface area contributed by atoms with E-state index in [1.807, 2.05) is 0 Å². The van der Waals surface area contributed by atoms with Gasteiger partial charge in [-0.15, -0.1) is 0 Å². The van der Waals surface area contributed by atoms with Crippen LogP contribution in [0.15, 0.2) is 0 Å². The number of fused-ring (bicyclic) bond motifs is 2. The molecule has 0 spiro atoms. The van der Waals surface area contributed by atoms with Crippen molar-refractivity contribution < 1.29 is 18.3 Å². The summed E-state index contributed by atoms with van der Waals surface area (Å²) in [6.07, 6.45) is 4.64. The highest BCUT2D eigenvalue weighted by atomic mass is 32.2. The molecule has 0 radical (unpaired) electrons. The fourth-order valence-corrected chi connectivity index (χ4v) is 5.53. The molecule has 0 heterocycles. The van der Waals surface area contributed by atoms with Crippen LogP contribution in [-0.4, -0.2) is 31.0 Å². The van der Waals surface area contributed by atoms with Gasteiger partial charge in [0.2, 0.25) is 0 Å². The number of sulfone groups is 1. The maximum absolute atomic E-state index is 11.9. The molecule has 4 nitrogen and oxygen atoms in total. The number of carboxylic acid groups (broad SMARTS) is 1. The van der Waals surface area contributed by atoms with Crippen molar-refractivity contribution in [3.05, 3.63) is 0 Å². The van der Waals surface area contributed by atoms with Crippen molar-refractivity contribution in [2.45, 2.75) is 32.6 Å². The molecule has 0 saturated heterocycles. The van der Waals surface area contributed by atoms with Gasteiger partial charge in [-0.2, -0.15) is 0 Å². The van der Waals surface area contributed by atoms with Crippen molar-refractivity contribution in [3.63, 3.8) is 0 Å². The van der Waals surface area contributed by atoms with E-state index in [1.165, 1.54) is 26.2 Å². The minimum atomic E-state index is -3.21. The molecular weight excluding hydrogens is 240 g/mol. The largest absolute Gasteiger partial charge is 0.481 e. The van der Waals surface area contributed by atoms with E-state index in [0.29, 0.717) is 11.8 Å². The maximum Gasteiger partial charge on any atom is 0.307 e. The monoisotopic (exact) mass is 260 g/mol. The van der Waals surface area contributed by atoms with Gasteiger partial charge in [-0.05, 0) is 37.0 Å². The second kappa shape index (κ2) is 4.59. The molecule has 5 heteroatoms. The Kier molecular flexibility index (Phi) is 3.48. The van der Waals surface area contributed by atoms with Gasteiger partial charge in [0.05, 0.1) is 17.4 Å². The molecule has 4 atom stereocenters. The van der Waals surface area contributed by atoms with Gasteiger partial charge < -0.3 is 5.11 Å². The van der Waals surface area contributed by atoms with Crippen LogP contribution < -0.4 is 0 Å². The fourth-order valence-electron chi connectivity index (χ4n) is 3.43. The average Bonchev–Trinajstić information content (AvgIpc) is 2.77. The van der Waals surface area contributed by atoms with Crippen LogP contribution in [0, 0.1) is 23.7 Å². The molecule has 2 bridgehead atoms. The zero-order valence-corrected chi connectivity index (χ0v) is 10.9. The van der Waals surface area contributed by atoms with Gasteiger partial charge in [-0.1, -0.05) is 13.3 Å². The van der Waals surface area contributed by atoms with Gasteiger partial charge in [0, 0.05) is 0 Å². The van der Waals surface area contributed by atoms with Crippen LogP contribution in [0.2, 0.25) is 0 Å². The lowest BCUT2D eigenvalue weighted by atomic mass is 9.90. The normalized spacial score (nSPS) is 33.8. The van der Waals surface area contributed by atoms with Crippen molar-refractivity contribution in [2.24, 2.45) is 23.7 Å². The molecule has 0 aromatic rings. The third kappa shape index (κ3) is 3.00. The Bertz CT molecular complexity index is 401. The molecule has 0 amide bonds. The third-order valence-corrected chi connectivity index (χ3v) is 6.22. The molecule has 2 aliphatic rings. The van der Waals surface area contributed by atoms with E-state index in [4.69, 9.17) is 5.11 Å². The lowest BCUT2D eigenvalue weighted by Crippen LogP contribution is -2.28. The van der Waals surface area contributed by atoms with Crippen LogP contribution in [0.25, 0.3) is 0 Å². The van der Waals surface area contributed by atoms with Gasteiger partial charge in [-0.25, -0.2) is 8.42 Å². The summed E-state index contributed by atoms with van der Waals surface area (Å²) < 4.78 is 23.8. The topological polar surface area (TPSA) is 71.4 Å². The molecule has 4 unspecified atom stereocenters. The predicted octanol–water partition coefficient (Wildman–Crippen LogP) is 1.56.